The van der Waals surface area contributed by atoms with Crippen molar-refractivity contribution in [3.05, 3.63) is 123 Å². The Hall–Kier alpha value is -3.25. The summed E-state index contributed by atoms with van der Waals surface area (Å²) in [6.07, 6.45) is 5.57. The highest BCUT2D eigenvalue weighted by Crippen LogP contribution is 2.40. The standard InChI is InChI=1S/C27H22Cl2N4O/c1-17-8-9-20(14-31-17)27(34,24-15-30-16-33(24)2)19-10-11-23-21(13-19)25(28)22(26(29)32-23)12-18-6-4-3-5-7-18/h3-11,13-16,34H,12H2,1-2H3. The number of aryl methyl sites for hydroxylation is 2. The number of rotatable bonds is 5. The zero-order valence-electron chi connectivity index (χ0n) is 18.7. The lowest BCUT2D eigenvalue weighted by atomic mass is 9.83. The van der Waals surface area contributed by atoms with Crippen molar-refractivity contribution in [1.29, 1.82) is 0 Å². The van der Waals surface area contributed by atoms with Gasteiger partial charge in [-0.3, -0.25) is 4.98 Å². The van der Waals surface area contributed by atoms with Crippen LogP contribution < -0.4 is 0 Å². The van der Waals surface area contributed by atoms with Crippen LogP contribution in [-0.4, -0.2) is 24.6 Å². The van der Waals surface area contributed by atoms with Gasteiger partial charge in [-0.2, -0.15) is 0 Å². The van der Waals surface area contributed by atoms with Crippen molar-refractivity contribution in [3.8, 4) is 0 Å². The maximum atomic E-state index is 12.2. The minimum atomic E-state index is -1.50. The van der Waals surface area contributed by atoms with Crippen LogP contribution in [0, 0.1) is 6.92 Å². The molecule has 5 rings (SSSR count). The first-order valence-electron chi connectivity index (χ1n) is 10.8. The number of hydrogen-bond donors (Lipinski definition) is 1. The molecule has 34 heavy (non-hydrogen) atoms. The normalized spacial score (nSPS) is 13.2. The second kappa shape index (κ2) is 8.84. The van der Waals surface area contributed by atoms with Gasteiger partial charge in [0.2, 0.25) is 0 Å². The van der Waals surface area contributed by atoms with E-state index in [9.17, 15) is 5.11 Å². The maximum absolute atomic E-state index is 12.2. The molecule has 0 saturated heterocycles. The van der Waals surface area contributed by atoms with Gasteiger partial charge in [0, 0.05) is 41.9 Å². The van der Waals surface area contributed by atoms with E-state index in [-0.39, 0.29) is 0 Å². The second-order valence-corrected chi connectivity index (χ2v) is 9.11. The molecule has 0 bridgehead atoms. The van der Waals surface area contributed by atoms with Gasteiger partial charge in [0.1, 0.15) is 5.15 Å². The molecule has 3 aromatic heterocycles. The molecule has 0 radical (unpaired) electrons. The number of pyridine rings is 2. The third kappa shape index (κ3) is 3.86. The predicted molar refractivity (Wildman–Crippen MR) is 135 cm³/mol. The topological polar surface area (TPSA) is 63.8 Å². The highest BCUT2D eigenvalue weighted by atomic mass is 35.5. The van der Waals surface area contributed by atoms with Crippen molar-refractivity contribution >= 4 is 34.1 Å². The Balaban J connectivity index is 1.71. The molecule has 5 aromatic rings. The van der Waals surface area contributed by atoms with Crippen LogP contribution >= 0.6 is 23.2 Å². The molecule has 0 fully saturated rings. The monoisotopic (exact) mass is 488 g/mol. The highest BCUT2D eigenvalue weighted by molar-refractivity contribution is 6.39. The Bertz CT molecular complexity index is 1480. The number of nitrogens with zero attached hydrogens (tertiary/aromatic N) is 4. The van der Waals surface area contributed by atoms with Gasteiger partial charge in [0.15, 0.2) is 5.60 Å². The zero-order chi connectivity index (χ0) is 23.9. The third-order valence-electron chi connectivity index (χ3n) is 6.12. The molecule has 7 heteroatoms. The maximum Gasteiger partial charge on any atom is 0.158 e. The first kappa shape index (κ1) is 22.5. The van der Waals surface area contributed by atoms with E-state index in [1.54, 1.807) is 23.3 Å². The van der Waals surface area contributed by atoms with Gasteiger partial charge in [-0.05, 0) is 36.2 Å². The molecule has 0 amide bonds. The molecule has 0 spiro atoms. The van der Waals surface area contributed by atoms with Crippen molar-refractivity contribution in [2.75, 3.05) is 0 Å². The van der Waals surface area contributed by atoms with E-state index in [1.165, 1.54) is 0 Å². The van der Waals surface area contributed by atoms with E-state index in [4.69, 9.17) is 23.2 Å². The predicted octanol–water partition coefficient (Wildman–Crippen LogP) is 5.85. The van der Waals surface area contributed by atoms with Crippen LogP contribution in [0.25, 0.3) is 10.9 Å². The molecule has 1 atom stereocenters. The summed E-state index contributed by atoms with van der Waals surface area (Å²) in [5, 5.41) is 13.8. The van der Waals surface area contributed by atoms with Crippen molar-refractivity contribution in [1.82, 2.24) is 19.5 Å². The molecule has 5 nitrogen and oxygen atoms in total. The fraction of sp³-hybridized carbons (Fsp3) is 0.148. The van der Waals surface area contributed by atoms with Crippen LogP contribution in [-0.2, 0) is 19.1 Å². The molecule has 2 aromatic carbocycles. The summed E-state index contributed by atoms with van der Waals surface area (Å²) in [4.78, 5) is 13.2. The molecule has 170 valence electrons. The summed E-state index contributed by atoms with van der Waals surface area (Å²) in [6, 6.07) is 19.3. The first-order chi connectivity index (χ1) is 16.4. The zero-order valence-corrected chi connectivity index (χ0v) is 20.2. The Kier molecular flexibility index (Phi) is 5.86. The SMILES string of the molecule is Cc1ccc(C(O)(c2ccc3nc(Cl)c(Cc4ccccc4)c(Cl)c3c2)c2cncn2C)cn1. The van der Waals surface area contributed by atoms with Crippen LogP contribution in [0.3, 0.4) is 0 Å². The van der Waals surface area contributed by atoms with Crippen LogP contribution in [0.1, 0.15) is 33.6 Å². The number of aromatic nitrogens is 4. The van der Waals surface area contributed by atoms with Gasteiger partial charge in [0.25, 0.3) is 0 Å². The van der Waals surface area contributed by atoms with Gasteiger partial charge in [-0.25, -0.2) is 9.97 Å². The average molecular weight is 489 g/mol. The van der Waals surface area contributed by atoms with E-state index in [0.717, 1.165) is 22.2 Å². The fourth-order valence-corrected chi connectivity index (χ4v) is 4.87. The van der Waals surface area contributed by atoms with Gasteiger partial charge in [0.05, 0.1) is 28.8 Å². The van der Waals surface area contributed by atoms with Crippen molar-refractivity contribution in [2.45, 2.75) is 18.9 Å². The van der Waals surface area contributed by atoms with Crippen molar-refractivity contribution in [2.24, 2.45) is 7.05 Å². The largest absolute Gasteiger partial charge is 0.374 e. The average Bonchev–Trinajstić information content (AvgIpc) is 3.28. The summed E-state index contributed by atoms with van der Waals surface area (Å²) in [5.41, 5.74) is 3.73. The van der Waals surface area contributed by atoms with E-state index < -0.39 is 5.60 Å². The lowest BCUT2D eigenvalue weighted by molar-refractivity contribution is 0.117. The molecule has 0 aliphatic carbocycles. The minimum Gasteiger partial charge on any atom is -0.374 e. The van der Waals surface area contributed by atoms with E-state index in [0.29, 0.717) is 38.9 Å². The molecule has 1 N–H and O–H groups in total. The Morgan fingerprint density at radius 2 is 1.74 bits per heavy atom. The van der Waals surface area contributed by atoms with Gasteiger partial charge < -0.3 is 9.67 Å². The molecule has 3 heterocycles. The van der Waals surface area contributed by atoms with Crippen LogP contribution in [0.4, 0.5) is 0 Å². The number of fused-ring (bicyclic) bond motifs is 1. The van der Waals surface area contributed by atoms with E-state index in [1.807, 2.05) is 74.6 Å². The van der Waals surface area contributed by atoms with Gasteiger partial charge in [-0.15, -0.1) is 0 Å². The molecular formula is C27H22Cl2N4O. The lowest BCUT2D eigenvalue weighted by Gasteiger charge is -2.30. The Labute approximate surface area is 207 Å². The summed E-state index contributed by atoms with van der Waals surface area (Å²) >= 11 is 13.4. The third-order valence-corrected chi connectivity index (χ3v) is 6.87. The van der Waals surface area contributed by atoms with Crippen molar-refractivity contribution in [3.63, 3.8) is 0 Å². The quantitative estimate of drug-likeness (QED) is 0.315. The number of halogens is 2. The van der Waals surface area contributed by atoms with Crippen molar-refractivity contribution < 1.29 is 5.11 Å². The smallest absolute Gasteiger partial charge is 0.158 e. The minimum absolute atomic E-state index is 0.374. The highest BCUT2D eigenvalue weighted by Gasteiger charge is 2.37. The van der Waals surface area contributed by atoms with Gasteiger partial charge >= 0.3 is 0 Å². The molecule has 0 aliphatic heterocycles. The van der Waals surface area contributed by atoms with Crippen LogP contribution in [0.15, 0.2) is 79.4 Å². The number of imidazole rings is 1. The fourth-order valence-electron chi connectivity index (χ4n) is 4.26. The number of benzene rings is 2. The van der Waals surface area contributed by atoms with Crippen LogP contribution in [0.2, 0.25) is 10.2 Å². The summed E-state index contributed by atoms with van der Waals surface area (Å²) < 4.78 is 1.80. The number of aliphatic hydroxyl groups is 1. The van der Waals surface area contributed by atoms with Gasteiger partial charge in [-0.1, -0.05) is 65.7 Å². The second-order valence-electron chi connectivity index (χ2n) is 8.38. The number of hydrogen-bond acceptors (Lipinski definition) is 4. The van der Waals surface area contributed by atoms with E-state index in [2.05, 4.69) is 15.0 Å². The summed E-state index contributed by atoms with van der Waals surface area (Å²) in [7, 11) is 1.85. The first-order valence-corrected chi connectivity index (χ1v) is 11.6. The summed E-state index contributed by atoms with van der Waals surface area (Å²) in [6.45, 7) is 1.91. The molecule has 1 unspecified atom stereocenters. The van der Waals surface area contributed by atoms with E-state index >= 15 is 0 Å². The molecule has 0 aliphatic rings. The Morgan fingerprint density at radius 3 is 2.41 bits per heavy atom. The molecule has 0 saturated carbocycles. The summed E-state index contributed by atoms with van der Waals surface area (Å²) in [5.74, 6) is 0. The molecular weight excluding hydrogens is 467 g/mol. The lowest BCUT2D eigenvalue weighted by Crippen LogP contribution is -2.31. The van der Waals surface area contributed by atoms with Crippen LogP contribution in [0.5, 0.6) is 0 Å². The Morgan fingerprint density at radius 1 is 0.971 bits per heavy atom.